The summed E-state index contributed by atoms with van der Waals surface area (Å²) in [7, 11) is 0. The molecule has 0 saturated carbocycles. The van der Waals surface area contributed by atoms with Crippen molar-refractivity contribution in [3.8, 4) is 0 Å². The molecule has 0 aliphatic heterocycles. The molecular weight excluding hydrogens is 793 g/mol. The molecule has 0 spiro atoms. The van der Waals surface area contributed by atoms with E-state index in [1.165, 1.54) is 225 Å². The smallest absolute Gasteiger partial charge is 0.306 e. The highest BCUT2D eigenvalue weighted by Crippen LogP contribution is 2.18. The maximum absolute atomic E-state index is 12.8. The molecule has 64 heavy (non-hydrogen) atoms. The molecule has 380 valence electrons. The Morgan fingerprint density at radius 3 is 0.766 bits per heavy atom. The molecule has 0 saturated heterocycles. The van der Waals surface area contributed by atoms with E-state index < -0.39 is 6.10 Å². The summed E-state index contributed by atoms with van der Waals surface area (Å²) in [5.74, 6) is -0.00188. The average Bonchev–Trinajstić information content (AvgIpc) is 3.28. The lowest BCUT2D eigenvalue weighted by atomic mass is 10.0. The number of rotatable bonds is 53. The molecule has 0 bridgehead atoms. The van der Waals surface area contributed by atoms with E-state index in [2.05, 4.69) is 27.7 Å². The molecule has 0 N–H and O–H groups in total. The van der Waals surface area contributed by atoms with Crippen LogP contribution in [0.1, 0.15) is 329 Å². The van der Waals surface area contributed by atoms with Gasteiger partial charge < -0.3 is 14.2 Å². The van der Waals surface area contributed by atoms with E-state index in [0.29, 0.717) is 19.3 Å². The highest BCUT2D eigenvalue weighted by molar-refractivity contribution is 5.71. The first-order valence-electron chi connectivity index (χ1n) is 28.9. The van der Waals surface area contributed by atoms with E-state index >= 15 is 0 Å². The van der Waals surface area contributed by atoms with Crippen LogP contribution in [-0.2, 0) is 28.6 Å². The molecule has 0 heterocycles. The van der Waals surface area contributed by atoms with Gasteiger partial charge in [-0.25, -0.2) is 0 Å². The second kappa shape index (κ2) is 52.4. The van der Waals surface area contributed by atoms with Crippen molar-refractivity contribution in [3.05, 3.63) is 0 Å². The minimum atomic E-state index is -0.761. The van der Waals surface area contributed by atoms with Crippen LogP contribution in [-0.4, -0.2) is 37.2 Å². The van der Waals surface area contributed by atoms with E-state index in [9.17, 15) is 14.4 Å². The van der Waals surface area contributed by atoms with Crippen LogP contribution in [0.2, 0.25) is 0 Å². The molecule has 0 aliphatic rings. The van der Waals surface area contributed by atoms with Gasteiger partial charge in [-0.05, 0) is 25.2 Å². The first kappa shape index (κ1) is 62.4. The lowest BCUT2D eigenvalue weighted by Gasteiger charge is -2.18. The van der Waals surface area contributed by atoms with E-state index in [1.807, 2.05) is 0 Å². The minimum Gasteiger partial charge on any atom is -0.462 e. The van der Waals surface area contributed by atoms with Gasteiger partial charge in [0.1, 0.15) is 13.2 Å². The molecule has 0 radical (unpaired) electrons. The number of esters is 3. The summed E-state index contributed by atoms with van der Waals surface area (Å²) >= 11 is 0. The molecule has 0 aliphatic carbocycles. The SMILES string of the molecule is CCCCCCCCCCCCCCCCCCCCC(=O)O[C@@H](COC(=O)CCCCCCCCCCCCCCC)COC(=O)CCCCCCCCCCCCCCC(C)C. The lowest BCUT2D eigenvalue weighted by Crippen LogP contribution is -2.30. The predicted molar refractivity (Wildman–Crippen MR) is 275 cm³/mol. The van der Waals surface area contributed by atoms with Gasteiger partial charge >= 0.3 is 17.9 Å². The summed E-state index contributed by atoms with van der Waals surface area (Å²) in [5, 5.41) is 0. The monoisotopic (exact) mass is 905 g/mol. The second-order valence-corrected chi connectivity index (χ2v) is 20.4. The van der Waals surface area contributed by atoms with Crippen molar-refractivity contribution in [1.82, 2.24) is 0 Å². The number of unbranched alkanes of at least 4 members (excludes halogenated alkanes) is 40. The van der Waals surface area contributed by atoms with Gasteiger partial charge in [0.2, 0.25) is 0 Å². The van der Waals surface area contributed by atoms with Gasteiger partial charge in [-0.15, -0.1) is 0 Å². The van der Waals surface area contributed by atoms with Crippen LogP contribution in [0.4, 0.5) is 0 Å². The van der Waals surface area contributed by atoms with Crippen LogP contribution in [0.3, 0.4) is 0 Å². The summed E-state index contributed by atoms with van der Waals surface area (Å²) in [5.41, 5.74) is 0. The Kier molecular flexibility index (Phi) is 51.1. The molecular formula is C58H112O6. The Labute approximate surface area is 399 Å². The summed E-state index contributed by atoms with van der Waals surface area (Å²) in [6.07, 6.45) is 56.6. The Morgan fingerprint density at radius 2 is 0.516 bits per heavy atom. The Hall–Kier alpha value is -1.59. The summed E-state index contributed by atoms with van der Waals surface area (Å²) < 4.78 is 16.9. The van der Waals surface area contributed by atoms with Crippen LogP contribution in [0.25, 0.3) is 0 Å². The van der Waals surface area contributed by atoms with E-state index in [-0.39, 0.29) is 31.1 Å². The first-order chi connectivity index (χ1) is 31.4. The fraction of sp³-hybridized carbons (Fsp3) is 0.948. The largest absolute Gasteiger partial charge is 0.462 e. The van der Waals surface area contributed by atoms with Gasteiger partial charge in [0, 0.05) is 19.3 Å². The summed E-state index contributed by atoms with van der Waals surface area (Å²) in [6, 6.07) is 0. The molecule has 0 aromatic heterocycles. The molecule has 1 atom stereocenters. The van der Waals surface area contributed by atoms with Crippen molar-refractivity contribution in [3.63, 3.8) is 0 Å². The van der Waals surface area contributed by atoms with Gasteiger partial charge in [0.05, 0.1) is 0 Å². The molecule has 0 unspecified atom stereocenters. The third kappa shape index (κ3) is 51.4. The van der Waals surface area contributed by atoms with Crippen molar-refractivity contribution in [1.29, 1.82) is 0 Å². The standard InChI is InChI=1S/C58H112O6/c1-5-7-9-11-13-15-17-19-20-21-22-23-25-31-35-39-43-47-51-58(61)64-55(52-62-56(59)49-45-41-37-33-29-24-18-16-14-12-10-8-6-2)53-63-57(60)50-46-42-38-34-30-27-26-28-32-36-40-44-48-54(3)4/h54-55H,5-53H2,1-4H3/t55-/m0/s1. The fourth-order valence-electron chi connectivity index (χ4n) is 8.92. The van der Waals surface area contributed by atoms with Crippen LogP contribution >= 0.6 is 0 Å². The molecule has 6 heteroatoms. The summed E-state index contributed by atoms with van der Waals surface area (Å²) in [6.45, 7) is 9.06. The van der Waals surface area contributed by atoms with Crippen molar-refractivity contribution in [2.24, 2.45) is 5.92 Å². The summed E-state index contributed by atoms with van der Waals surface area (Å²) in [4.78, 5) is 38.1. The maximum atomic E-state index is 12.8. The topological polar surface area (TPSA) is 78.9 Å². The van der Waals surface area contributed by atoms with Crippen molar-refractivity contribution in [2.75, 3.05) is 13.2 Å². The molecule has 0 aromatic carbocycles. The van der Waals surface area contributed by atoms with Crippen molar-refractivity contribution < 1.29 is 28.6 Å². The number of hydrogen-bond donors (Lipinski definition) is 0. The molecule has 0 amide bonds. The molecule has 0 aromatic rings. The number of carbonyl (C=O) groups excluding carboxylic acids is 3. The zero-order chi connectivity index (χ0) is 46.7. The van der Waals surface area contributed by atoms with Crippen molar-refractivity contribution in [2.45, 2.75) is 336 Å². The van der Waals surface area contributed by atoms with Gasteiger partial charge in [0.25, 0.3) is 0 Å². The quantitative estimate of drug-likeness (QED) is 0.0344. The van der Waals surface area contributed by atoms with Crippen LogP contribution < -0.4 is 0 Å². The Morgan fingerprint density at radius 1 is 0.297 bits per heavy atom. The maximum Gasteiger partial charge on any atom is 0.306 e. The third-order valence-electron chi connectivity index (χ3n) is 13.3. The van der Waals surface area contributed by atoms with E-state index in [0.717, 1.165) is 63.7 Å². The minimum absolute atomic E-state index is 0.0619. The van der Waals surface area contributed by atoms with E-state index in [4.69, 9.17) is 14.2 Å². The van der Waals surface area contributed by atoms with Gasteiger partial charge in [-0.1, -0.05) is 291 Å². The normalized spacial score (nSPS) is 12.0. The number of ether oxygens (including phenoxy) is 3. The highest BCUT2D eigenvalue weighted by Gasteiger charge is 2.19. The zero-order valence-electron chi connectivity index (χ0n) is 43.8. The lowest BCUT2D eigenvalue weighted by molar-refractivity contribution is -0.167. The highest BCUT2D eigenvalue weighted by atomic mass is 16.6. The number of hydrogen-bond acceptors (Lipinski definition) is 6. The Bertz CT molecular complexity index is 964. The van der Waals surface area contributed by atoms with Gasteiger partial charge in [0.15, 0.2) is 6.10 Å². The third-order valence-corrected chi connectivity index (χ3v) is 13.3. The van der Waals surface area contributed by atoms with E-state index in [1.54, 1.807) is 0 Å². The van der Waals surface area contributed by atoms with Crippen LogP contribution in [0, 0.1) is 5.92 Å². The molecule has 6 nitrogen and oxygen atoms in total. The first-order valence-corrected chi connectivity index (χ1v) is 28.9. The fourth-order valence-corrected chi connectivity index (χ4v) is 8.92. The number of carbonyl (C=O) groups is 3. The second-order valence-electron chi connectivity index (χ2n) is 20.4. The predicted octanol–water partition coefficient (Wildman–Crippen LogP) is 19.0. The van der Waals surface area contributed by atoms with Gasteiger partial charge in [-0.2, -0.15) is 0 Å². The van der Waals surface area contributed by atoms with Crippen LogP contribution in [0.15, 0.2) is 0 Å². The zero-order valence-corrected chi connectivity index (χ0v) is 43.8. The van der Waals surface area contributed by atoms with Crippen molar-refractivity contribution >= 4 is 17.9 Å². The average molecular weight is 906 g/mol. The molecule has 0 rings (SSSR count). The van der Waals surface area contributed by atoms with Crippen LogP contribution in [0.5, 0.6) is 0 Å². The Balaban J connectivity index is 4.29. The molecule has 0 fully saturated rings. The van der Waals surface area contributed by atoms with Gasteiger partial charge in [-0.3, -0.25) is 14.4 Å².